The topological polar surface area (TPSA) is 30.5 Å². The van der Waals surface area contributed by atoms with Crippen molar-refractivity contribution in [2.45, 2.75) is 45.1 Å². The Balaban J connectivity index is 1.65. The fourth-order valence-corrected chi connectivity index (χ4v) is 2.85. The minimum atomic E-state index is 0.347. The largest absolute Gasteiger partial charge is 0.454 e. The normalized spacial score (nSPS) is 26.7. The van der Waals surface area contributed by atoms with Gasteiger partial charge in [0.25, 0.3) is 0 Å². The van der Waals surface area contributed by atoms with E-state index in [9.17, 15) is 0 Å². The maximum atomic E-state index is 5.41. The molecule has 2 unspecified atom stereocenters. The predicted molar refractivity (Wildman–Crippen MR) is 72.2 cm³/mol. The molecule has 2 aliphatic rings. The van der Waals surface area contributed by atoms with Gasteiger partial charge >= 0.3 is 0 Å². The highest BCUT2D eigenvalue weighted by molar-refractivity contribution is 5.56. The van der Waals surface area contributed by atoms with Gasteiger partial charge in [-0.15, -0.1) is 0 Å². The molecule has 1 aromatic rings. The van der Waals surface area contributed by atoms with Crippen LogP contribution in [0.2, 0.25) is 0 Å². The lowest BCUT2D eigenvalue weighted by atomic mass is 10.0. The minimum absolute atomic E-state index is 0.347. The Morgan fingerprint density at radius 3 is 2.89 bits per heavy atom. The maximum Gasteiger partial charge on any atom is 0.231 e. The molecule has 0 aromatic heterocycles. The van der Waals surface area contributed by atoms with Crippen molar-refractivity contribution in [2.24, 2.45) is 5.92 Å². The summed E-state index contributed by atoms with van der Waals surface area (Å²) in [5.74, 6) is 2.60. The van der Waals surface area contributed by atoms with Gasteiger partial charge in [-0.1, -0.05) is 19.8 Å². The zero-order chi connectivity index (χ0) is 12.4. The third-order valence-corrected chi connectivity index (χ3v) is 4.00. The first-order valence-electron chi connectivity index (χ1n) is 6.97. The van der Waals surface area contributed by atoms with Crippen LogP contribution in [0.15, 0.2) is 18.2 Å². The summed E-state index contributed by atoms with van der Waals surface area (Å²) in [6, 6.07) is 6.73. The number of nitrogens with one attached hydrogen (secondary N) is 1. The fraction of sp³-hybridized carbons (Fsp3) is 0.600. The molecular weight excluding hydrogens is 226 g/mol. The Morgan fingerprint density at radius 1 is 1.06 bits per heavy atom. The maximum absolute atomic E-state index is 5.41. The Kier molecular flexibility index (Phi) is 3.31. The summed E-state index contributed by atoms with van der Waals surface area (Å²) in [7, 11) is 0. The highest BCUT2D eigenvalue weighted by Crippen LogP contribution is 2.35. The molecule has 1 fully saturated rings. The monoisotopic (exact) mass is 247 g/mol. The SMILES string of the molecule is CC1CCCC(Nc2ccc3c(c2)OCO3)CC1. The highest BCUT2D eigenvalue weighted by atomic mass is 16.7. The molecule has 0 spiro atoms. The number of benzene rings is 1. The summed E-state index contributed by atoms with van der Waals surface area (Å²) >= 11 is 0. The van der Waals surface area contributed by atoms with Gasteiger partial charge in [0.15, 0.2) is 11.5 Å². The molecule has 18 heavy (non-hydrogen) atoms. The number of anilines is 1. The van der Waals surface area contributed by atoms with E-state index in [1.165, 1.54) is 32.1 Å². The van der Waals surface area contributed by atoms with Crippen LogP contribution in [-0.4, -0.2) is 12.8 Å². The molecule has 3 nitrogen and oxygen atoms in total. The van der Waals surface area contributed by atoms with Crippen molar-refractivity contribution >= 4 is 5.69 Å². The van der Waals surface area contributed by atoms with Crippen molar-refractivity contribution in [1.82, 2.24) is 0 Å². The second kappa shape index (κ2) is 5.09. The van der Waals surface area contributed by atoms with E-state index in [1.807, 2.05) is 6.07 Å². The van der Waals surface area contributed by atoms with Crippen LogP contribution in [0.5, 0.6) is 11.5 Å². The van der Waals surface area contributed by atoms with Crippen LogP contribution in [0, 0.1) is 5.92 Å². The summed E-state index contributed by atoms with van der Waals surface area (Å²) in [4.78, 5) is 0. The molecular formula is C15H21NO2. The standard InChI is InChI=1S/C15H21NO2/c1-11-3-2-4-12(6-5-11)16-13-7-8-14-15(9-13)18-10-17-14/h7-9,11-12,16H,2-6,10H2,1H3. The summed E-state index contributed by atoms with van der Waals surface area (Å²) in [5.41, 5.74) is 1.15. The highest BCUT2D eigenvalue weighted by Gasteiger charge is 2.18. The third-order valence-electron chi connectivity index (χ3n) is 4.00. The van der Waals surface area contributed by atoms with Crippen LogP contribution >= 0.6 is 0 Å². The number of hydrogen-bond donors (Lipinski definition) is 1. The minimum Gasteiger partial charge on any atom is -0.454 e. The molecule has 1 heterocycles. The molecule has 1 aliphatic carbocycles. The Hall–Kier alpha value is -1.38. The average Bonchev–Trinajstić information content (AvgIpc) is 2.74. The van der Waals surface area contributed by atoms with Gasteiger partial charge in [0.2, 0.25) is 6.79 Å². The quantitative estimate of drug-likeness (QED) is 0.806. The lowest BCUT2D eigenvalue weighted by molar-refractivity contribution is 0.174. The first-order chi connectivity index (χ1) is 8.81. The van der Waals surface area contributed by atoms with E-state index in [2.05, 4.69) is 24.4 Å². The van der Waals surface area contributed by atoms with Crippen molar-refractivity contribution in [3.63, 3.8) is 0 Å². The van der Waals surface area contributed by atoms with Crippen LogP contribution in [0.1, 0.15) is 39.0 Å². The van der Waals surface area contributed by atoms with Gasteiger partial charge in [0.05, 0.1) is 0 Å². The van der Waals surface area contributed by atoms with Crippen LogP contribution < -0.4 is 14.8 Å². The molecule has 0 radical (unpaired) electrons. The summed E-state index contributed by atoms with van der Waals surface area (Å²) in [6.45, 7) is 2.71. The molecule has 3 rings (SSSR count). The van der Waals surface area contributed by atoms with Gasteiger partial charge in [-0.25, -0.2) is 0 Å². The van der Waals surface area contributed by atoms with E-state index in [0.717, 1.165) is 23.1 Å². The molecule has 1 saturated carbocycles. The number of fused-ring (bicyclic) bond motifs is 1. The van der Waals surface area contributed by atoms with E-state index in [1.54, 1.807) is 0 Å². The van der Waals surface area contributed by atoms with Gasteiger partial charge in [-0.05, 0) is 37.3 Å². The lowest BCUT2D eigenvalue weighted by Gasteiger charge is -2.18. The lowest BCUT2D eigenvalue weighted by Crippen LogP contribution is -2.18. The van der Waals surface area contributed by atoms with Crippen LogP contribution in [0.4, 0.5) is 5.69 Å². The van der Waals surface area contributed by atoms with E-state index < -0.39 is 0 Å². The first kappa shape index (κ1) is 11.7. The smallest absolute Gasteiger partial charge is 0.231 e. The average molecular weight is 247 g/mol. The predicted octanol–water partition coefficient (Wildman–Crippen LogP) is 3.80. The van der Waals surface area contributed by atoms with Crippen LogP contribution in [0.25, 0.3) is 0 Å². The van der Waals surface area contributed by atoms with Gasteiger partial charge in [0, 0.05) is 17.8 Å². The third kappa shape index (κ3) is 2.55. The van der Waals surface area contributed by atoms with E-state index in [4.69, 9.17) is 9.47 Å². The fourth-order valence-electron chi connectivity index (χ4n) is 2.85. The molecule has 0 bridgehead atoms. The molecule has 0 amide bonds. The van der Waals surface area contributed by atoms with E-state index in [0.29, 0.717) is 12.8 Å². The Bertz CT molecular complexity index is 419. The number of hydrogen-bond acceptors (Lipinski definition) is 3. The summed E-state index contributed by atoms with van der Waals surface area (Å²) in [5, 5.41) is 3.64. The molecule has 2 atom stereocenters. The van der Waals surface area contributed by atoms with Gasteiger partial charge in [-0.3, -0.25) is 0 Å². The zero-order valence-corrected chi connectivity index (χ0v) is 10.9. The van der Waals surface area contributed by atoms with Gasteiger partial charge < -0.3 is 14.8 Å². The summed E-state index contributed by atoms with van der Waals surface area (Å²) < 4.78 is 10.7. The van der Waals surface area contributed by atoms with Gasteiger partial charge in [-0.2, -0.15) is 0 Å². The molecule has 3 heteroatoms. The second-order valence-corrected chi connectivity index (χ2v) is 5.52. The van der Waals surface area contributed by atoms with Crippen molar-refractivity contribution in [3.05, 3.63) is 18.2 Å². The molecule has 1 aliphatic heterocycles. The zero-order valence-electron chi connectivity index (χ0n) is 10.9. The van der Waals surface area contributed by atoms with E-state index in [-0.39, 0.29) is 0 Å². The van der Waals surface area contributed by atoms with Crippen molar-refractivity contribution < 1.29 is 9.47 Å². The molecule has 1 N–H and O–H groups in total. The Morgan fingerprint density at radius 2 is 1.94 bits per heavy atom. The van der Waals surface area contributed by atoms with Crippen molar-refractivity contribution in [1.29, 1.82) is 0 Å². The second-order valence-electron chi connectivity index (χ2n) is 5.52. The first-order valence-corrected chi connectivity index (χ1v) is 6.97. The van der Waals surface area contributed by atoms with E-state index >= 15 is 0 Å². The van der Waals surface area contributed by atoms with Crippen molar-refractivity contribution in [2.75, 3.05) is 12.1 Å². The van der Waals surface area contributed by atoms with Crippen LogP contribution in [-0.2, 0) is 0 Å². The molecule has 0 saturated heterocycles. The number of ether oxygens (including phenoxy) is 2. The van der Waals surface area contributed by atoms with Gasteiger partial charge in [0.1, 0.15) is 0 Å². The molecule has 1 aromatic carbocycles. The Labute approximate surface area is 108 Å². The number of rotatable bonds is 2. The van der Waals surface area contributed by atoms with Crippen molar-refractivity contribution in [3.8, 4) is 11.5 Å². The molecule has 98 valence electrons. The summed E-state index contributed by atoms with van der Waals surface area (Å²) in [6.07, 6.45) is 6.60. The van der Waals surface area contributed by atoms with Crippen LogP contribution in [0.3, 0.4) is 0 Å².